The first kappa shape index (κ1) is 23.5. The maximum Gasteiger partial charge on any atom is 0.264 e. The van der Waals surface area contributed by atoms with E-state index in [1.807, 2.05) is 58.0 Å². The first-order valence-corrected chi connectivity index (χ1v) is 12.2. The molecule has 5 nitrogen and oxygen atoms in total. The molecule has 1 atom stereocenters. The van der Waals surface area contributed by atoms with Crippen molar-refractivity contribution in [1.82, 2.24) is 5.32 Å². The fourth-order valence-electron chi connectivity index (χ4n) is 3.22. The summed E-state index contributed by atoms with van der Waals surface area (Å²) in [6.45, 7) is 8.02. The van der Waals surface area contributed by atoms with Crippen molar-refractivity contribution < 1.29 is 13.2 Å². The van der Waals surface area contributed by atoms with Gasteiger partial charge < -0.3 is 5.32 Å². The second-order valence-corrected chi connectivity index (χ2v) is 10.2. The average molecular weight is 451 g/mol. The van der Waals surface area contributed by atoms with Gasteiger partial charge in [-0.3, -0.25) is 9.10 Å². The summed E-state index contributed by atoms with van der Waals surface area (Å²) in [4.78, 5) is 13.3. The predicted molar refractivity (Wildman–Crippen MR) is 129 cm³/mol. The maximum atomic E-state index is 13.7. The number of anilines is 1. The summed E-state index contributed by atoms with van der Waals surface area (Å²) in [6, 6.07) is 22.9. The van der Waals surface area contributed by atoms with Gasteiger partial charge in [-0.15, -0.1) is 0 Å². The molecule has 0 saturated heterocycles. The number of hydrogen-bond acceptors (Lipinski definition) is 3. The lowest BCUT2D eigenvalue weighted by atomic mass is 10.1. The molecule has 1 amide bonds. The highest BCUT2D eigenvalue weighted by molar-refractivity contribution is 7.92. The molecule has 0 bridgehead atoms. The Labute approximate surface area is 191 Å². The Balaban J connectivity index is 2.10. The molecule has 3 rings (SSSR count). The Bertz CT molecular complexity index is 1160. The molecule has 3 aromatic carbocycles. The number of aryl methyl sites for hydroxylation is 1. The fraction of sp³-hybridized carbons (Fsp3) is 0.269. The zero-order valence-corrected chi connectivity index (χ0v) is 19.8. The summed E-state index contributed by atoms with van der Waals surface area (Å²) in [5.41, 5.74) is 2.48. The quantitative estimate of drug-likeness (QED) is 0.515. The van der Waals surface area contributed by atoms with Crippen molar-refractivity contribution in [2.45, 2.75) is 45.2 Å². The Morgan fingerprint density at radius 1 is 0.875 bits per heavy atom. The summed E-state index contributed by atoms with van der Waals surface area (Å²) < 4.78 is 28.8. The number of sulfonamides is 1. The number of nitrogens with zero attached hydrogens (tertiary/aromatic N) is 1. The monoisotopic (exact) mass is 450 g/mol. The lowest BCUT2D eigenvalue weighted by Gasteiger charge is -2.27. The second-order valence-electron chi connectivity index (χ2n) is 8.33. The van der Waals surface area contributed by atoms with Crippen LogP contribution in [0.25, 0.3) is 0 Å². The minimum atomic E-state index is -3.92. The van der Waals surface area contributed by atoms with Gasteiger partial charge in [-0.25, -0.2) is 8.42 Å². The number of nitrogens with one attached hydrogen (secondary N) is 1. The highest BCUT2D eigenvalue weighted by Crippen LogP contribution is 2.29. The standard InChI is InChI=1S/C26H30N2O3S/c1-19(2)21(4)27-26(29)24-12-8-9-13-25(24)28(18-22-10-6-5-7-11-22)32(30,31)23-16-14-20(3)15-17-23/h5-17,19,21H,18H2,1-4H3,(H,27,29)/t21-/m0/s1. The second kappa shape index (κ2) is 10.0. The highest BCUT2D eigenvalue weighted by atomic mass is 32.2. The molecule has 6 heteroatoms. The van der Waals surface area contributed by atoms with Crippen LogP contribution in [0.15, 0.2) is 83.8 Å². The summed E-state index contributed by atoms with van der Waals surface area (Å²) in [5, 5.41) is 2.99. The highest BCUT2D eigenvalue weighted by Gasteiger charge is 2.29. The van der Waals surface area contributed by atoms with Gasteiger partial charge >= 0.3 is 0 Å². The normalized spacial score (nSPS) is 12.4. The minimum Gasteiger partial charge on any atom is -0.349 e. The Morgan fingerprint density at radius 2 is 1.47 bits per heavy atom. The van der Waals surface area contributed by atoms with E-state index in [0.717, 1.165) is 11.1 Å². The van der Waals surface area contributed by atoms with Gasteiger partial charge in [0.15, 0.2) is 0 Å². The van der Waals surface area contributed by atoms with E-state index in [2.05, 4.69) is 5.32 Å². The van der Waals surface area contributed by atoms with Gasteiger partial charge in [-0.1, -0.05) is 74.0 Å². The van der Waals surface area contributed by atoms with Gasteiger partial charge in [-0.2, -0.15) is 0 Å². The van der Waals surface area contributed by atoms with Crippen LogP contribution in [0, 0.1) is 12.8 Å². The molecule has 0 aliphatic heterocycles. The van der Waals surface area contributed by atoms with Crippen LogP contribution in [-0.4, -0.2) is 20.4 Å². The molecule has 0 fully saturated rings. The molecule has 3 aromatic rings. The van der Waals surface area contributed by atoms with Crippen molar-refractivity contribution in [2.75, 3.05) is 4.31 Å². The van der Waals surface area contributed by atoms with E-state index in [9.17, 15) is 13.2 Å². The fourth-order valence-corrected chi connectivity index (χ4v) is 4.69. The molecular weight excluding hydrogens is 420 g/mol. The van der Waals surface area contributed by atoms with Gasteiger partial charge in [0.2, 0.25) is 0 Å². The molecule has 1 N–H and O–H groups in total. The van der Waals surface area contributed by atoms with E-state index in [1.54, 1.807) is 48.5 Å². The van der Waals surface area contributed by atoms with Crippen LogP contribution < -0.4 is 9.62 Å². The third-order valence-electron chi connectivity index (χ3n) is 5.55. The van der Waals surface area contributed by atoms with E-state index >= 15 is 0 Å². The molecule has 0 aliphatic rings. The molecule has 168 valence electrons. The van der Waals surface area contributed by atoms with Crippen molar-refractivity contribution >= 4 is 21.6 Å². The molecule has 0 aliphatic carbocycles. The summed E-state index contributed by atoms with van der Waals surface area (Å²) in [5.74, 6) is -0.0400. The Morgan fingerprint density at radius 3 is 2.09 bits per heavy atom. The third kappa shape index (κ3) is 5.37. The van der Waals surface area contributed by atoms with Gasteiger partial charge in [0.1, 0.15) is 0 Å². The molecule has 0 spiro atoms. The number of para-hydroxylation sites is 1. The lowest BCUT2D eigenvalue weighted by Crippen LogP contribution is -2.38. The van der Waals surface area contributed by atoms with Crippen LogP contribution >= 0.6 is 0 Å². The van der Waals surface area contributed by atoms with Gasteiger partial charge in [-0.05, 0) is 49.6 Å². The number of carbonyl (C=O) groups is 1. The largest absolute Gasteiger partial charge is 0.349 e. The number of hydrogen-bond donors (Lipinski definition) is 1. The Kier molecular flexibility index (Phi) is 7.36. The van der Waals surface area contributed by atoms with Crippen LogP contribution in [0.5, 0.6) is 0 Å². The molecular formula is C26H30N2O3S. The SMILES string of the molecule is Cc1ccc(S(=O)(=O)N(Cc2ccccc2)c2ccccc2C(=O)N[C@@H](C)C(C)C)cc1. The van der Waals surface area contributed by atoms with Crippen LogP contribution in [0.2, 0.25) is 0 Å². The summed E-state index contributed by atoms with van der Waals surface area (Å²) in [6.07, 6.45) is 0. The molecule has 0 saturated carbocycles. The smallest absolute Gasteiger partial charge is 0.264 e. The molecule has 32 heavy (non-hydrogen) atoms. The zero-order chi connectivity index (χ0) is 23.3. The Hall–Kier alpha value is -3.12. The number of benzene rings is 3. The topological polar surface area (TPSA) is 66.5 Å². The molecule has 0 aromatic heterocycles. The van der Waals surface area contributed by atoms with Crippen LogP contribution in [0.3, 0.4) is 0 Å². The van der Waals surface area contributed by atoms with E-state index in [0.29, 0.717) is 11.3 Å². The molecule has 0 unspecified atom stereocenters. The van der Waals surface area contributed by atoms with E-state index in [4.69, 9.17) is 0 Å². The van der Waals surface area contributed by atoms with Crippen molar-refractivity contribution in [3.05, 3.63) is 95.6 Å². The van der Waals surface area contributed by atoms with Crippen LogP contribution in [0.4, 0.5) is 5.69 Å². The lowest BCUT2D eigenvalue weighted by molar-refractivity contribution is 0.0931. The van der Waals surface area contributed by atoms with Crippen LogP contribution in [-0.2, 0) is 16.6 Å². The zero-order valence-electron chi connectivity index (χ0n) is 18.9. The number of rotatable bonds is 8. The number of carbonyl (C=O) groups excluding carboxylic acids is 1. The maximum absolute atomic E-state index is 13.7. The van der Waals surface area contributed by atoms with Crippen molar-refractivity contribution in [3.8, 4) is 0 Å². The third-order valence-corrected chi connectivity index (χ3v) is 7.33. The van der Waals surface area contributed by atoms with E-state index < -0.39 is 10.0 Å². The molecule has 0 radical (unpaired) electrons. The van der Waals surface area contributed by atoms with Crippen molar-refractivity contribution in [3.63, 3.8) is 0 Å². The minimum absolute atomic E-state index is 0.0492. The van der Waals surface area contributed by atoms with E-state index in [1.165, 1.54) is 4.31 Å². The summed E-state index contributed by atoms with van der Waals surface area (Å²) in [7, 11) is -3.92. The van der Waals surface area contributed by atoms with Crippen LogP contribution in [0.1, 0.15) is 42.3 Å². The first-order valence-electron chi connectivity index (χ1n) is 10.7. The average Bonchev–Trinajstić information content (AvgIpc) is 2.78. The van der Waals surface area contributed by atoms with Gasteiger partial charge in [0.25, 0.3) is 15.9 Å². The van der Waals surface area contributed by atoms with E-state index in [-0.39, 0.29) is 29.3 Å². The number of amides is 1. The first-order chi connectivity index (χ1) is 15.2. The van der Waals surface area contributed by atoms with Crippen molar-refractivity contribution in [1.29, 1.82) is 0 Å². The van der Waals surface area contributed by atoms with Crippen molar-refractivity contribution in [2.24, 2.45) is 5.92 Å². The summed E-state index contributed by atoms with van der Waals surface area (Å²) >= 11 is 0. The molecule has 0 heterocycles. The van der Waals surface area contributed by atoms with Gasteiger partial charge in [0, 0.05) is 6.04 Å². The van der Waals surface area contributed by atoms with Gasteiger partial charge in [0.05, 0.1) is 22.7 Å². The predicted octanol–water partition coefficient (Wildman–Crippen LogP) is 5.16.